The Bertz CT molecular complexity index is 1660. The molecule has 0 unspecified atom stereocenters. The van der Waals surface area contributed by atoms with E-state index < -0.39 is 15.7 Å². The summed E-state index contributed by atoms with van der Waals surface area (Å²) in [4.78, 5) is 21.0. The normalized spacial score (nSPS) is 17.5. The third-order valence-corrected chi connectivity index (χ3v) is 9.33. The summed E-state index contributed by atoms with van der Waals surface area (Å²) in [5.41, 5.74) is 4.65. The molecule has 0 radical (unpaired) electrons. The Balaban J connectivity index is 1.36. The van der Waals surface area contributed by atoms with Gasteiger partial charge in [-0.15, -0.1) is 0 Å². The molecule has 0 spiro atoms. The van der Waals surface area contributed by atoms with Crippen LogP contribution in [0.3, 0.4) is 0 Å². The molecule has 0 atom stereocenters. The lowest BCUT2D eigenvalue weighted by Gasteiger charge is -2.32. The molecule has 1 aromatic carbocycles. The van der Waals surface area contributed by atoms with E-state index in [0.717, 1.165) is 43.2 Å². The minimum atomic E-state index is -3.54. The molecule has 4 aromatic rings. The first-order valence-corrected chi connectivity index (χ1v) is 16.0. The third kappa shape index (κ3) is 7.01. The van der Waals surface area contributed by atoms with Crippen LogP contribution in [0.15, 0.2) is 48.7 Å². The van der Waals surface area contributed by atoms with Gasteiger partial charge in [-0.2, -0.15) is 0 Å². The van der Waals surface area contributed by atoms with Crippen molar-refractivity contribution in [1.82, 2.24) is 24.8 Å². The molecule has 0 aliphatic heterocycles. The van der Waals surface area contributed by atoms with Gasteiger partial charge in [-0.3, -0.25) is 0 Å². The number of sulfone groups is 1. The van der Waals surface area contributed by atoms with E-state index in [1.807, 2.05) is 6.07 Å². The van der Waals surface area contributed by atoms with Gasteiger partial charge < -0.3 is 15.0 Å². The predicted molar refractivity (Wildman–Crippen MR) is 163 cm³/mol. The van der Waals surface area contributed by atoms with Crippen molar-refractivity contribution in [2.24, 2.45) is 0 Å². The average Bonchev–Trinajstić information content (AvgIpc) is 2.97. The summed E-state index contributed by atoms with van der Waals surface area (Å²) in [6, 6.07) is 11.9. The molecule has 1 saturated carbocycles. The second-order valence-corrected chi connectivity index (χ2v) is 13.1. The summed E-state index contributed by atoms with van der Waals surface area (Å²) >= 11 is 0. The molecule has 3 heterocycles. The summed E-state index contributed by atoms with van der Waals surface area (Å²) in [6.45, 7) is 2.07. The third-order valence-electron chi connectivity index (χ3n) is 7.82. The van der Waals surface area contributed by atoms with Crippen LogP contribution in [0.25, 0.3) is 22.3 Å². The van der Waals surface area contributed by atoms with Crippen LogP contribution in [0, 0.1) is 5.82 Å². The molecule has 5 rings (SSSR count). The van der Waals surface area contributed by atoms with Gasteiger partial charge in [-0.25, -0.2) is 32.7 Å². The first-order chi connectivity index (χ1) is 20.1. The van der Waals surface area contributed by atoms with E-state index in [1.54, 1.807) is 18.3 Å². The maximum absolute atomic E-state index is 13.2. The average molecular weight is 593 g/mol. The van der Waals surface area contributed by atoms with Crippen LogP contribution < -0.4 is 10.1 Å². The summed E-state index contributed by atoms with van der Waals surface area (Å²) in [6.07, 6.45) is 6.95. The number of fused-ring (bicyclic) bond motifs is 1. The highest BCUT2D eigenvalue weighted by Gasteiger charge is 2.23. The monoisotopic (exact) mass is 592 g/mol. The molecule has 0 amide bonds. The Morgan fingerprint density at radius 1 is 1.00 bits per heavy atom. The lowest BCUT2D eigenvalue weighted by Crippen LogP contribution is -2.36. The Morgan fingerprint density at radius 2 is 1.74 bits per heavy atom. The Kier molecular flexibility index (Phi) is 8.98. The number of rotatable bonds is 10. The fraction of sp³-hybridized carbons (Fsp3) is 0.419. The van der Waals surface area contributed by atoms with Gasteiger partial charge in [0.1, 0.15) is 11.3 Å². The Labute approximate surface area is 246 Å². The van der Waals surface area contributed by atoms with Crippen molar-refractivity contribution in [3.05, 3.63) is 71.3 Å². The van der Waals surface area contributed by atoms with Crippen molar-refractivity contribution >= 4 is 26.8 Å². The lowest BCUT2D eigenvalue weighted by molar-refractivity contribution is 0.221. The van der Waals surface area contributed by atoms with Crippen LogP contribution in [0.5, 0.6) is 5.88 Å². The molecule has 3 aromatic heterocycles. The van der Waals surface area contributed by atoms with Crippen molar-refractivity contribution in [2.75, 3.05) is 26.5 Å². The van der Waals surface area contributed by atoms with E-state index in [0.29, 0.717) is 46.1 Å². The first-order valence-electron chi connectivity index (χ1n) is 14.2. The van der Waals surface area contributed by atoms with E-state index in [2.05, 4.69) is 41.2 Å². The fourth-order valence-electron chi connectivity index (χ4n) is 5.51. The molecule has 11 heteroatoms. The minimum absolute atomic E-state index is 0.209. The summed E-state index contributed by atoms with van der Waals surface area (Å²) in [5, 5.41) is 3.53. The maximum Gasteiger partial charge on any atom is 0.223 e. The number of benzene rings is 1. The zero-order valence-corrected chi connectivity index (χ0v) is 25.3. The Morgan fingerprint density at radius 3 is 2.40 bits per heavy atom. The summed E-state index contributed by atoms with van der Waals surface area (Å²) in [7, 11) is 2.23. The van der Waals surface area contributed by atoms with Gasteiger partial charge in [0.05, 0.1) is 47.3 Å². The minimum Gasteiger partial charge on any atom is -0.480 e. The van der Waals surface area contributed by atoms with Gasteiger partial charge in [0, 0.05) is 12.1 Å². The molecule has 1 N–H and O–H groups in total. The number of aromatic nitrogens is 4. The van der Waals surface area contributed by atoms with Crippen LogP contribution in [0.1, 0.15) is 49.4 Å². The molecule has 1 fully saturated rings. The topological polar surface area (TPSA) is 110 Å². The number of pyridine rings is 2. The molecular weight excluding hydrogens is 555 g/mol. The second kappa shape index (κ2) is 12.7. The van der Waals surface area contributed by atoms with E-state index in [9.17, 15) is 12.8 Å². The first kappa shape index (κ1) is 29.8. The van der Waals surface area contributed by atoms with Crippen molar-refractivity contribution in [2.45, 2.75) is 62.6 Å². The van der Waals surface area contributed by atoms with E-state index >= 15 is 0 Å². The van der Waals surface area contributed by atoms with Crippen LogP contribution >= 0.6 is 0 Å². The number of nitrogens with zero attached hydrogens (tertiary/aromatic N) is 5. The van der Waals surface area contributed by atoms with Crippen molar-refractivity contribution in [1.29, 1.82) is 0 Å². The number of halogens is 1. The van der Waals surface area contributed by atoms with Gasteiger partial charge in [0.15, 0.2) is 9.84 Å². The summed E-state index contributed by atoms with van der Waals surface area (Å²) in [5.74, 6) is 0.0104. The van der Waals surface area contributed by atoms with Crippen molar-refractivity contribution in [3.8, 4) is 17.1 Å². The van der Waals surface area contributed by atoms with E-state index in [1.165, 1.54) is 31.4 Å². The molecular formula is C31H37FN6O3S. The molecule has 1 aliphatic rings. The number of hydrogen-bond donors (Lipinski definition) is 1. The zero-order chi connectivity index (χ0) is 29.9. The number of hydrogen-bond acceptors (Lipinski definition) is 9. The highest BCUT2D eigenvalue weighted by molar-refractivity contribution is 7.89. The number of aryl methyl sites for hydroxylation is 1. The van der Waals surface area contributed by atoms with E-state index in [-0.39, 0.29) is 17.4 Å². The lowest BCUT2D eigenvalue weighted by atomic mass is 9.91. The predicted octanol–water partition coefficient (Wildman–Crippen LogP) is 5.20. The zero-order valence-electron chi connectivity index (χ0n) is 24.5. The van der Waals surface area contributed by atoms with Crippen LogP contribution in [-0.2, 0) is 27.8 Å². The highest BCUT2D eigenvalue weighted by Crippen LogP contribution is 2.31. The van der Waals surface area contributed by atoms with Crippen LogP contribution in [0.2, 0.25) is 0 Å². The SMILES string of the molecule is CCc1cc(-c2ccc(CS(=O)(=O)Cc3ccc(F)cc3)nc2OC)nc2cnc(NC3CCC(N(C)C)CC3)nc12. The number of anilines is 1. The molecule has 1 aliphatic carbocycles. The second-order valence-electron chi connectivity index (χ2n) is 11.1. The smallest absolute Gasteiger partial charge is 0.223 e. The summed E-state index contributed by atoms with van der Waals surface area (Å²) < 4.78 is 44.4. The van der Waals surface area contributed by atoms with Crippen molar-refractivity contribution < 1.29 is 17.5 Å². The van der Waals surface area contributed by atoms with Crippen LogP contribution in [0.4, 0.5) is 10.3 Å². The standard InChI is InChI=1S/C31H37FN6O3S/c1-5-21-16-27(36-28-17-33-31(37-29(21)28)35-23-10-13-25(14-11-23)38(2)3)26-15-12-24(34-30(26)41-4)19-42(39,40)18-20-6-8-22(32)9-7-20/h6-9,12,15-17,23,25H,5,10-11,13-14,18-19H2,1-4H3,(H,33,35,37). The molecule has 0 bridgehead atoms. The van der Waals surface area contributed by atoms with Crippen molar-refractivity contribution in [3.63, 3.8) is 0 Å². The molecule has 222 valence electrons. The van der Waals surface area contributed by atoms with Gasteiger partial charge in [-0.05, 0) is 87.7 Å². The number of ether oxygens (including phenoxy) is 1. The van der Waals surface area contributed by atoms with Gasteiger partial charge in [0.25, 0.3) is 0 Å². The highest BCUT2D eigenvalue weighted by atomic mass is 32.2. The van der Waals surface area contributed by atoms with Gasteiger partial charge in [0.2, 0.25) is 11.8 Å². The fourth-order valence-corrected chi connectivity index (χ4v) is 6.92. The molecule has 9 nitrogen and oxygen atoms in total. The number of methoxy groups -OCH3 is 1. The Hall–Kier alpha value is -3.70. The molecule has 42 heavy (non-hydrogen) atoms. The number of nitrogens with one attached hydrogen (secondary N) is 1. The van der Waals surface area contributed by atoms with Crippen LogP contribution in [-0.4, -0.2) is 66.5 Å². The largest absolute Gasteiger partial charge is 0.480 e. The maximum atomic E-state index is 13.2. The van der Waals surface area contributed by atoms with Gasteiger partial charge >= 0.3 is 0 Å². The van der Waals surface area contributed by atoms with Gasteiger partial charge in [-0.1, -0.05) is 19.1 Å². The quantitative estimate of drug-likeness (QED) is 0.266. The molecule has 0 saturated heterocycles. The van der Waals surface area contributed by atoms with E-state index in [4.69, 9.17) is 14.7 Å².